The van der Waals surface area contributed by atoms with E-state index in [0.717, 1.165) is 6.54 Å². The lowest BCUT2D eigenvalue weighted by Gasteiger charge is -2.25. The van der Waals surface area contributed by atoms with Crippen LogP contribution in [0.4, 0.5) is 0 Å². The van der Waals surface area contributed by atoms with Gasteiger partial charge in [0.15, 0.2) is 0 Å². The number of aliphatic hydroxyl groups excluding tert-OH is 1. The number of aliphatic hydroxyl groups is 1. The van der Waals surface area contributed by atoms with Gasteiger partial charge in [0.1, 0.15) is 0 Å². The van der Waals surface area contributed by atoms with E-state index in [1.807, 2.05) is 25.7 Å². The van der Waals surface area contributed by atoms with Crippen LogP contribution in [0.1, 0.15) is 27.7 Å². The maximum atomic E-state index is 10.7. The van der Waals surface area contributed by atoms with Gasteiger partial charge in [-0.1, -0.05) is 13.8 Å². The van der Waals surface area contributed by atoms with Gasteiger partial charge in [0.2, 0.25) is 0 Å². The van der Waals surface area contributed by atoms with Crippen molar-refractivity contribution in [2.45, 2.75) is 39.9 Å². The molecule has 0 aliphatic rings. The second kappa shape index (κ2) is 8.44. The third-order valence-electron chi connectivity index (χ3n) is 2.49. The van der Waals surface area contributed by atoms with Gasteiger partial charge in [0.05, 0.1) is 24.7 Å². The maximum Gasteiger partial charge on any atom is 0.307 e. The molecule has 0 aliphatic heterocycles. The average Bonchev–Trinajstić information content (AvgIpc) is 2.25. The fourth-order valence-electron chi connectivity index (χ4n) is 1.45. The first-order valence-electron chi connectivity index (χ1n) is 6.11. The van der Waals surface area contributed by atoms with Crippen LogP contribution in [-0.2, 0) is 9.53 Å². The number of hydrogen-bond donors (Lipinski definition) is 2. The summed E-state index contributed by atoms with van der Waals surface area (Å²) in [4.78, 5) is 12.7. The van der Waals surface area contributed by atoms with Gasteiger partial charge in [-0.25, -0.2) is 0 Å². The van der Waals surface area contributed by atoms with Crippen LogP contribution in [0, 0.1) is 5.92 Å². The third kappa shape index (κ3) is 8.12. The molecule has 5 nitrogen and oxygen atoms in total. The number of nitrogens with zero attached hydrogens (tertiary/aromatic N) is 1. The van der Waals surface area contributed by atoms with Crippen LogP contribution in [0.2, 0.25) is 0 Å². The molecule has 5 heteroatoms. The zero-order valence-electron chi connectivity index (χ0n) is 11.2. The van der Waals surface area contributed by atoms with E-state index in [2.05, 4.69) is 0 Å². The Hall–Kier alpha value is -0.650. The van der Waals surface area contributed by atoms with E-state index in [1.54, 1.807) is 6.92 Å². The second-order valence-electron chi connectivity index (χ2n) is 4.63. The van der Waals surface area contributed by atoms with Crippen molar-refractivity contribution in [1.82, 2.24) is 4.90 Å². The van der Waals surface area contributed by atoms with Crippen molar-refractivity contribution >= 4 is 5.97 Å². The molecule has 0 fully saturated rings. The second-order valence-corrected chi connectivity index (χ2v) is 4.63. The highest BCUT2D eigenvalue weighted by atomic mass is 16.5. The number of carboxylic acids is 1. The predicted molar refractivity (Wildman–Crippen MR) is 66.0 cm³/mol. The lowest BCUT2D eigenvalue weighted by molar-refractivity contribution is -0.141. The van der Waals surface area contributed by atoms with Gasteiger partial charge >= 0.3 is 5.97 Å². The van der Waals surface area contributed by atoms with E-state index in [9.17, 15) is 9.90 Å². The van der Waals surface area contributed by atoms with Crippen LogP contribution in [0.15, 0.2) is 0 Å². The number of hydrogen-bond acceptors (Lipinski definition) is 4. The first-order valence-corrected chi connectivity index (χ1v) is 6.11. The molecule has 0 aromatic heterocycles. The Bertz CT molecular complexity index is 221. The lowest BCUT2D eigenvalue weighted by Crippen LogP contribution is -2.39. The SMILES string of the molecule is CCN(CC(O)COC(C)C)CC(C)C(=O)O. The van der Waals surface area contributed by atoms with Crippen LogP contribution >= 0.6 is 0 Å². The third-order valence-corrected chi connectivity index (χ3v) is 2.49. The molecule has 0 spiro atoms. The Morgan fingerprint density at radius 1 is 1.29 bits per heavy atom. The number of aliphatic carboxylic acids is 1. The molecule has 0 radical (unpaired) electrons. The summed E-state index contributed by atoms with van der Waals surface area (Å²) in [6.07, 6.45) is -0.476. The summed E-state index contributed by atoms with van der Waals surface area (Å²) >= 11 is 0. The molecule has 0 saturated carbocycles. The molecular weight excluding hydrogens is 222 g/mol. The predicted octanol–water partition coefficient (Wildman–Crippen LogP) is 0.815. The van der Waals surface area contributed by atoms with Gasteiger partial charge in [-0.05, 0) is 20.4 Å². The molecule has 2 N–H and O–H groups in total. The molecule has 2 atom stereocenters. The van der Waals surface area contributed by atoms with Crippen molar-refractivity contribution in [2.24, 2.45) is 5.92 Å². The molecule has 0 aromatic carbocycles. The Morgan fingerprint density at radius 2 is 1.88 bits per heavy atom. The molecule has 0 bridgehead atoms. The average molecular weight is 247 g/mol. The normalized spacial score (nSPS) is 15.2. The highest BCUT2D eigenvalue weighted by Crippen LogP contribution is 2.02. The molecule has 102 valence electrons. The van der Waals surface area contributed by atoms with Crippen molar-refractivity contribution in [3.05, 3.63) is 0 Å². The molecule has 0 heterocycles. The fourth-order valence-corrected chi connectivity index (χ4v) is 1.45. The minimum atomic E-state index is -0.809. The molecule has 0 saturated heterocycles. The Labute approximate surface area is 103 Å². The van der Waals surface area contributed by atoms with E-state index in [4.69, 9.17) is 9.84 Å². The van der Waals surface area contributed by atoms with Crippen molar-refractivity contribution in [3.63, 3.8) is 0 Å². The fraction of sp³-hybridized carbons (Fsp3) is 0.917. The van der Waals surface area contributed by atoms with Crippen molar-refractivity contribution in [1.29, 1.82) is 0 Å². The maximum absolute atomic E-state index is 10.7. The van der Waals surface area contributed by atoms with E-state index in [-0.39, 0.29) is 12.7 Å². The largest absolute Gasteiger partial charge is 0.481 e. The summed E-state index contributed by atoms with van der Waals surface area (Å²) in [5.74, 6) is -1.23. The van der Waals surface area contributed by atoms with Crippen LogP contribution in [-0.4, -0.2) is 59.5 Å². The van der Waals surface area contributed by atoms with Gasteiger partial charge < -0.3 is 19.8 Å². The smallest absolute Gasteiger partial charge is 0.307 e. The number of likely N-dealkylation sites (N-methyl/N-ethyl adjacent to an activating group) is 1. The standard InChI is InChI=1S/C12H25NO4/c1-5-13(6-10(4)12(15)16)7-11(14)8-17-9(2)3/h9-11,14H,5-8H2,1-4H3,(H,15,16). The monoisotopic (exact) mass is 247 g/mol. The minimum Gasteiger partial charge on any atom is -0.481 e. The summed E-state index contributed by atoms with van der Waals surface area (Å²) in [6.45, 7) is 9.34. The van der Waals surface area contributed by atoms with Crippen LogP contribution in [0.5, 0.6) is 0 Å². The molecule has 0 amide bonds. The van der Waals surface area contributed by atoms with Gasteiger partial charge in [0, 0.05) is 13.1 Å². The Morgan fingerprint density at radius 3 is 2.29 bits per heavy atom. The van der Waals surface area contributed by atoms with Crippen LogP contribution in [0.25, 0.3) is 0 Å². The highest BCUT2D eigenvalue weighted by Gasteiger charge is 2.17. The topological polar surface area (TPSA) is 70.0 Å². The number of carboxylic acid groups (broad SMARTS) is 1. The van der Waals surface area contributed by atoms with E-state index >= 15 is 0 Å². The van der Waals surface area contributed by atoms with E-state index in [0.29, 0.717) is 13.1 Å². The van der Waals surface area contributed by atoms with Crippen molar-refractivity contribution < 1.29 is 19.7 Å². The van der Waals surface area contributed by atoms with E-state index in [1.165, 1.54) is 0 Å². The summed E-state index contributed by atoms with van der Waals surface area (Å²) in [5, 5.41) is 18.6. The first-order chi connectivity index (χ1) is 7.86. The van der Waals surface area contributed by atoms with Crippen molar-refractivity contribution in [3.8, 4) is 0 Å². The van der Waals surface area contributed by atoms with Gasteiger partial charge in [-0.15, -0.1) is 0 Å². The molecule has 0 aromatic rings. The van der Waals surface area contributed by atoms with E-state index < -0.39 is 18.0 Å². The molecular formula is C12H25NO4. The molecule has 17 heavy (non-hydrogen) atoms. The zero-order valence-corrected chi connectivity index (χ0v) is 11.2. The van der Waals surface area contributed by atoms with Crippen LogP contribution in [0.3, 0.4) is 0 Å². The summed E-state index contributed by atoms with van der Waals surface area (Å²) < 4.78 is 5.31. The molecule has 0 aliphatic carbocycles. The Balaban J connectivity index is 3.98. The zero-order chi connectivity index (χ0) is 13.4. The number of ether oxygens (including phenoxy) is 1. The highest BCUT2D eigenvalue weighted by molar-refractivity contribution is 5.69. The summed E-state index contributed by atoms with van der Waals surface area (Å²) in [7, 11) is 0. The number of carbonyl (C=O) groups is 1. The first kappa shape index (κ1) is 16.4. The summed E-state index contributed by atoms with van der Waals surface area (Å²) in [6, 6.07) is 0. The molecule has 0 rings (SSSR count). The van der Waals surface area contributed by atoms with Crippen molar-refractivity contribution in [2.75, 3.05) is 26.2 Å². The minimum absolute atomic E-state index is 0.0951. The summed E-state index contributed by atoms with van der Waals surface area (Å²) in [5.41, 5.74) is 0. The van der Waals surface area contributed by atoms with Crippen LogP contribution < -0.4 is 0 Å². The van der Waals surface area contributed by atoms with Gasteiger partial charge in [-0.2, -0.15) is 0 Å². The van der Waals surface area contributed by atoms with Gasteiger partial charge in [-0.3, -0.25) is 4.79 Å². The molecule has 2 unspecified atom stereocenters. The Kier molecular flexibility index (Phi) is 8.12. The van der Waals surface area contributed by atoms with Gasteiger partial charge in [0.25, 0.3) is 0 Å². The quantitative estimate of drug-likeness (QED) is 0.631. The number of rotatable bonds is 9. The lowest BCUT2D eigenvalue weighted by atomic mass is 10.1.